The fourth-order valence-corrected chi connectivity index (χ4v) is 2.12. The van der Waals surface area contributed by atoms with E-state index in [4.69, 9.17) is 11.6 Å². The number of hydrogen-bond donors (Lipinski definition) is 0. The summed E-state index contributed by atoms with van der Waals surface area (Å²) in [6, 6.07) is 8.73. The number of aryl methyl sites for hydroxylation is 1. The van der Waals surface area contributed by atoms with E-state index in [-0.39, 0.29) is 5.15 Å². The molecule has 2 aromatic rings. The van der Waals surface area contributed by atoms with Crippen LogP contribution >= 0.6 is 11.6 Å². The van der Waals surface area contributed by atoms with E-state index in [1.165, 1.54) is 5.56 Å². The van der Waals surface area contributed by atoms with Gasteiger partial charge in [0, 0.05) is 5.56 Å². The third-order valence-corrected chi connectivity index (χ3v) is 3.26. The lowest BCUT2D eigenvalue weighted by molar-refractivity contribution is 0.480. The van der Waals surface area contributed by atoms with Gasteiger partial charge in [-0.3, -0.25) is 0 Å². The van der Waals surface area contributed by atoms with Gasteiger partial charge in [-0.2, -0.15) is 4.39 Å². The molecule has 0 aliphatic heterocycles. The molecule has 0 spiro atoms. The summed E-state index contributed by atoms with van der Waals surface area (Å²) in [6.07, 6.45) is 3.29. The molecule has 1 nitrogen and oxygen atoms in total. The standard InChI is InChI=1S/C15H14ClF2N/c1-2-3-4-10-5-7-11(8-6-10)12-9-13(17)15(18)19-14(12)16/h5-9H,2-4H2,1H3. The van der Waals surface area contributed by atoms with Gasteiger partial charge in [0.2, 0.25) is 5.95 Å². The van der Waals surface area contributed by atoms with Crippen LogP contribution in [0.5, 0.6) is 0 Å². The lowest BCUT2D eigenvalue weighted by Gasteiger charge is -2.06. The van der Waals surface area contributed by atoms with Crippen molar-refractivity contribution in [2.24, 2.45) is 0 Å². The molecule has 0 aliphatic carbocycles. The first-order valence-electron chi connectivity index (χ1n) is 6.22. The van der Waals surface area contributed by atoms with E-state index < -0.39 is 11.8 Å². The monoisotopic (exact) mass is 281 g/mol. The second-order valence-corrected chi connectivity index (χ2v) is 4.76. The van der Waals surface area contributed by atoms with Crippen LogP contribution in [-0.2, 0) is 6.42 Å². The number of unbranched alkanes of at least 4 members (excludes halogenated alkanes) is 1. The lowest BCUT2D eigenvalue weighted by Crippen LogP contribution is -1.93. The summed E-state index contributed by atoms with van der Waals surface area (Å²) in [5.74, 6) is -2.16. The summed E-state index contributed by atoms with van der Waals surface area (Å²) in [7, 11) is 0. The quantitative estimate of drug-likeness (QED) is 0.717. The van der Waals surface area contributed by atoms with Gasteiger partial charge in [0.25, 0.3) is 0 Å². The van der Waals surface area contributed by atoms with Gasteiger partial charge in [0.15, 0.2) is 5.82 Å². The first-order valence-corrected chi connectivity index (χ1v) is 6.60. The van der Waals surface area contributed by atoms with E-state index in [9.17, 15) is 8.78 Å². The molecular weight excluding hydrogens is 268 g/mol. The van der Waals surface area contributed by atoms with Crippen LogP contribution < -0.4 is 0 Å². The fourth-order valence-electron chi connectivity index (χ4n) is 1.88. The second-order valence-electron chi connectivity index (χ2n) is 4.40. The van der Waals surface area contributed by atoms with Crippen molar-refractivity contribution in [2.75, 3.05) is 0 Å². The van der Waals surface area contributed by atoms with Crippen molar-refractivity contribution >= 4 is 11.6 Å². The topological polar surface area (TPSA) is 12.9 Å². The van der Waals surface area contributed by atoms with Crippen molar-refractivity contribution in [1.82, 2.24) is 4.98 Å². The van der Waals surface area contributed by atoms with E-state index in [1.54, 1.807) is 0 Å². The maximum atomic E-state index is 13.2. The molecule has 4 heteroatoms. The summed E-state index contributed by atoms with van der Waals surface area (Å²) in [5, 5.41) is -0.0276. The van der Waals surface area contributed by atoms with Gasteiger partial charge in [-0.15, -0.1) is 0 Å². The first kappa shape index (κ1) is 13.9. The zero-order chi connectivity index (χ0) is 13.8. The molecule has 100 valence electrons. The van der Waals surface area contributed by atoms with Gasteiger partial charge in [0.1, 0.15) is 5.15 Å². The lowest BCUT2D eigenvalue weighted by atomic mass is 10.0. The third-order valence-electron chi connectivity index (χ3n) is 2.97. The Hall–Kier alpha value is -1.48. The Balaban J connectivity index is 2.29. The van der Waals surface area contributed by atoms with Gasteiger partial charge in [-0.25, -0.2) is 9.37 Å². The van der Waals surface area contributed by atoms with Crippen LogP contribution in [0, 0.1) is 11.8 Å². The SMILES string of the molecule is CCCCc1ccc(-c2cc(F)c(F)nc2Cl)cc1. The molecule has 1 heterocycles. The molecule has 0 saturated heterocycles. The molecule has 0 saturated carbocycles. The average Bonchev–Trinajstić information content (AvgIpc) is 2.41. The van der Waals surface area contributed by atoms with E-state index in [1.807, 2.05) is 24.3 Å². The van der Waals surface area contributed by atoms with Gasteiger partial charge in [0.05, 0.1) is 0 Å². The molecule has 19 heavy (non-hydrogen) atoms. The Labute approximate surface area is 116 Å². The zero-order valence-electron chi connectivity index (χ0n) is 10.6. The minimum atomic E-state index is -1.17. The second kappa shape index (κ2) is 6.11. The van der Waals surface area contributed by atoms with Gasteiger partial charge in [-0.1, -0.05) is 49.2 Å². The molecule has 0 N–H and O–H groups in total. The number of nitrogens with zero attached hydrogens (tertiary/aromatic N) is 1. The molecular formula is C15H14ClF2N. The summed E-state index contributed by atoms with van der Waals surface area (Å²) in [5.41, 5.74) is 2.36. The van der Waals surface area contributed by atoms with E-state index in [0.717, 1.165) is 30.9 Å². The van der Waals surface area contributed by atoms with Crippen molar-refractivity contribution in [3.8, 4) is 11.1 Å². The van der Waals surface area contributed by atoms with E-state index in [0.29, 0.717) is 5.56 Å². The van der Waals surface area contributed by atoms with Crippen molar-refractivity contribution in [2.45, 2.75) is 26.2 Å². The zero-order valence-corrected chi connectivity index (χ0v) is 11.3. The highest BCUT2D eigenvalue weighted by molar-refractivity contribution is 6.32. The molecule has 0 fully saturated rings. The summed E-state index contributed by atoms with van der Waals surface area (Å²) < 4.78 is 26.1. The largest absolute Gasteiger partial charge is 0.250 e. The highest BCUT2D eigenvalue weighted by Crippen LogP contribution is 2.28. The van der Waals surface area contributed by atoms with Crippen LogP contribution in [-0.4, -0.2) is 4.98 Å². The maximum Gasteiger partial charge on any atom is 0.250 e. The number of aromatic nitrogens is 1. The van der Waals surface area contributed by atoms with Crippen molar-refractivity contribution in [1.29, 1.82) is 0 Å². The number of hydrogen-bond acceptors (Lipinski definition) is 1. The van der Waals surface area contributed by atoms with Crippen LogP contribution in [0.1, 0.15) is 25.3 Å². The number of pyridine rings is 1. The summed E-state index contributed by atoms with van der Waals surface area (Å²) in [6.45, 7) is 2.14. The predicted molar refractivity (Wildman–Crippen MR) is 73.2 cm³/mol. The van der Waals surface area contributed by atoms with Gasteiger partial charge in [-0.05, 0) is 30.0 Å². The highest BCUT2D eigenvalue weighted by Gasteiger charge is 2.11. The molecule has 0 bridgehead atoms. The van der Waals surface area contributed by atoms with E-state index >= 15 is 0 Å². The molecule has 2 rings (SSSR count). The molecule has 0 atom stereocenters. The number of benzene rings is 1. The minimum absolute atomic E-state index is 0.0276. The molecule has 1 aromatic carbocycles. The summed E-state index contributed by atoms with van der Waals surface area (Å²) in [4.78, 5) is 3.35. The average molecular weight is 282 g/mol. The smallest absolute Gasteiger partial charge is 0.205 e. The molecule has 0 unspecified atom stereocenters. The number of rotatable bonds is 4. The molecule has 0 aliphatic rings. The predicted octanol–water partition coefficient (Wildman–Crippen LogP) is 5.02. The molecule has 0 amide bonds. The fraction of sp³-hybridized carbons (Fsp3) is 0.267. The van der Waals surface area contributed by atoms with Gasteiger partial charge >= 0.3 is 0 Å². The van der Waals surface area contributed by atoms with Crippen LogP contribution in [0.2, 0.25) is 5.15 Å². The van der Waals surface area contributed by atoms with E-state index in [2.05, 4.69) is 11.9 Å². The third kappa shape index (κ3) is 3.29. The molecule has 0 radical (unpaired) electrons. The van der Waals surface area contributed by atoms with Crippen molar-refractivity contribution in [3.63, 3.8) is 0 Å². The Morgan fingerprint density at radius 3 is 2.47 bits per heavy atom. The number of halogens is 3. The Bertz CT molecular complexity index is 567. The van der Waals surface area contributed by atoms with Crippen molar-refractivity contribution in [3.05, 3.63) is 52.8 Å². The highest BCUT2D eigenvalue weighted by atomic mass is 35.5. The Morgan fingerprint density at radius 1 is 1.16 bits per heavy atom. The van der Waals surface area contributed by atoms with Crippen LogP contribution in [0.15, 0.2) is 30.3 Å². The molecule has 1 aromatic heterocycles. The minimum Gasteiger partial charge on any atom is -0.205 e. The Morgan fingerprint density at radius 2 is 1.84 bits per heavy atom. The summed E-state index contributed by atoms with van der Waals surface area (Å²) >= 11 is 5.84. The van der Waals surface area contributed by atoms with Crippen LogP contribution in [0.4, 0.5) is 8.78 Å². The van der Waals surface area contributed by atoms with Crippen LogP contribution in [0.3, 0.4) is 0 Å². The first-order chi connectivity index (χ1) is 9.11. The maximum absolute atomic E-state index is 13.2. The Kier molecular flexibility index (Phi) is 4.48. The van der Waals surface area contributed by atoms with Gasteiger partial charge < -0.3 is 0 Å². The normalized spacial score (nSPS) is 10.7. The van der Waals surface area contributed by atoms with Crippen molar-refractivity contribution < 1.29 is 8.78 Å². The van der Waals surface area contributed by atoms with Crippen LogP contribution in [0.25, 0.3) is 11.1 Å².